The number of carbonyl (C=O) groups is 2. The third kappa shape index (κ3) is 4.17. The molecule has 2 rings (SSSR count). The lowest BCUT2D eigenvalue weighted by molar-refractivity contribution is -0.139. The number of carboxylic acid groups (broad SMARTS) is 1. The summed E-state index contributed by atoms with van der Waals surface area (Å²) < 4.78 is 32.5. The second-order valence-electron chi connectivity index (χ2n) is 6.14. The van der Waals surface area contributed by atoms with E-state index in [-0.39, 0.29) is 28.3 Å². The van der Waals surface area contributed by atoms with Gasteiger partial charge in [0.1, 0.15) is 6.04 Å². The molecule has 2 aromatic rings. The summed E-state index contributed by atoms with van der Waals surface area (Å²) >= 11 is 0. The van der Waals surface area contributed by atoms with Gasteiger partial charge in [-0.3, -0.25) is 4.79 Å². The van der Waals surface area contributed by atoms with Crippen LogP contribution in [0, 0.1) is 5.92 Å². The minimum Gasteiger partial charge on any atom is -0.480 e. The predicted molar refractivity (Wildman–Crippen MR) is 94.3 cm³/mol. The molecule has 0 aliphatic heterocycles. The van der Waals surface area contributed by atoms with Crippen LogP contribution < -0.4 is 4.72 Å². The van der Waals surface area contributed by atoms with Crippen LogP contribution in [0.2, 0.25) is 0 Å². The molecule has 8 nitrogen and oxygen atoms in total. The molecule has 0 bridgehead atoms. The van der Waals surface area contributed by atoms with Crippen molar-refractivity contribution in [1.29, 1.82) is 0 Å². The summed E-state index contributed by atoms with van der Waals surface area (Å²) in [6.07, 6.45) is 1.45. The lowest BCUT2D eigenvalue weighted by atomic mass is 10.1. The molecule has 0 spiro atoms. The average Bonchev–Trinajstić information content (AvgIpc) is 2.58. The van der Waals surface area contributed by atoms with E-state index in [1.54, 1.807) is 19.9 Å². The van der Waals surface area contributed by atoms with E-state index < -0.39 is 28.0 Å². The number of aromatic nitrogens is 1. The maximum atomic E-state index is 12.8. The number of carboxylic acids is 1. The number of sulfonamides is 1. The first-order valence-corrected chi connectivity index (χ1v) is 9.37. The fourth-order valence-electron chi connectivity index (χ4n) is 2.59. The Bertz CT molecular complexity index is 939. The zero-order chi connectivity index (χ0) is 19.5. The van der Waals surface area contributed by atoms with Gasteiger partial charge in [-0.25, -0.2) is 18.2 Å². The number of hydrogen-bond donors (Lipinski definition) is 2. The van der Waals surface area contributed by atoms with E-state index in [2.05, 4.69) is 14.4 Å². The first kappa shape index (κ1) is 19.8. The molecule has 0 aliphatic carbocycles. The number of carbonyl (C=O) groups excluding carboxylic acids is 1. The Morgan fingerprint density at radius 1 is 1.23 bits per heavy atom. The van der Waals surface area contributed by atoms with Gasteiger partial charge in [0.2, 0.25) is 10.0 Å². The second kappa shape index (κ2) is 7.79. The molecule has 140 valence electrons. The van der Waals surface area contributed by atoms with Crippen molar-refractivity contribution >= 4 is 32.7 Å². The van der Waals surface area contributed by atoms with Crippen LogP contribution in [0.4, 0.5) is 0 Å². The monoisotopic (exact) mass is 380 g/mol. The lowest BCUT2D eigenvalue weighted by Gasteiger charge is -2.17. The van der Waals surface area contributed by atoms with Crippen LogP contribution in [0.25, 0.3) is 10.8 Å². The standard InChI is InChI=1S/C17H20N2O6S/c1-10(2)9-13(16(20)21)19-26(23,24)14-6-4-5-12-11(14)7-8-18-15(12)17(22)25-3/h4-8,10,13,19H,9H2,1-3H3,(H,20,21). The smallest absolute Gasteiger partial charge is 0.357 e. The molecule has 1 unspecified atom stereocenters. The van der Waals surface area contributed by atoms with Gasteiger partial charge in [-0.15, -0.1) is 0 Å². The first-order valence-electron chi connectivity index (χ1n) is 7.88. The number of rotatable bonds is 7. The van der Waals surface area contributed by atoms with Crippen molar-refractivity contribution < 1.29 is 27.9 Å². The number of aliphatic carboxylic acids is 1. The summed E-state index contributed by atoms with van der Waals surface area (Å²) in [4.78, 5) is 27.1. The van der Waals surface area contributed by atoms with Crippen molar-refractivity contribution in [2.75, 3.05) is 7.11 Å². The highest BCUT2D eigenvalue weighted by Gasteiger charge is 2.28. The van der Waals surface area contributed by atoms with Gasteiger partial charge in [0.05, 0.1) is 12.0 Å². The topological polar surface area (TPSA) is 123 Å². The molecule has 1 aromatic carbocycles. The first-order chi connectivity index (χ1) is 12.2. The van der Waals surface area contributed by atoms with E-state index >= 15 is 0 Å². The third-order valence-corrected chi connectivity index (χ3v) is 5.27. The van der Waals surface area contributed by atoms with E-state index in [0.29, 0.717) is 5.39 Å². The Morgan fingerprint density at radius 2 is 1.92 bits per heavy atom. The van der Waals surface area contributed by atoms with Crippen molar-refractivity contribution in [2.45, 2.75) is 31.2 Å². The summed E-state index contributed by atoms with van der Waals surface area (Å²) in [5.74, 6) is -1.96. The lowest BCUT2D eigenvalue weighted by Crippen LogP contribution is -2.41. The molecule has 9 heteroatoms. The molecule has 0 saturated heterocycles. The number of fused-ring (bicyclic) bond motifs is 1. The Balaban J connectivity index is 2.55. The summed E-state index contributed by atoms with van der Waals surface area (Å²) in [7, 11) is -2.93. The highest BCUT2D eigenvalue weighted by molar-refractivity contribution is 7.89. The minimum atomic E-state index is -4.14. The summed E-state index contributed by atoms with van der Waals surface area (Å²) in [6, 6.07) is 4.56. The SMILES string of the molecule is COC(=O)c1nccc2c(S(=O)(=O)NC(CC(C)C)C(=O)O)cccc12. The van der Waals surface area contributed by atoms with Gasteiger partial charge in [0, 0.05) is 17.0 Å². The van der Waals surface area contributed by atoms with Gasteiger partial charge in [0.25, 0.3) is 0 Å². The second-order valence-corrected chi connectivity index (χ2v) is 7.83. The van der Waals surface area contributed by atoms with Crippen LogP contribution >= 0.6 is 0 Å². The highest BCUT2D eigenvalue weighted by atomic mass is 32.2. The fraction of sp³-hybridized carbons (Fsp3) is 0.353. The van der Waals surface area contributed by atoms with Gasteiger partial charge in [0.15, 0.2) is 5.69 Å². The number of nitrogens with one attached hydrogen (secondary N) is 1. The van der Waals surface area contributed by atoms with E-state index in [9.17, 15) is 23.1 Å². The highest BCUT2D eigenvalue weighted by Crippen LogP contribution is 2.25. The number of nitrogens with zero attached hydrogens (tertiary/aromatic N) is 1. The number of benzene rings is 1. The molecule has 1 aromatic heterocycles. The Labute approximate surface area is 151 Å². The Morgan fingerprint density at radius 3 is 2.50 bits per heavy atom. The molecule has 1 atom stereocenters. The van der Waals surface area contributed by atoms with Crippen molar-refractivity contribution in [1.82, 2.24) is 9.71 Å². The van der Waals surface area contributed by atoms with Crippen LogP contribution in [-0.4, -0.2) is 43.6 Å². The molecule has 2 N–H and O–H groups in total. The Hall–Kier alpha value is -2.52. The molecule has 0 radical (unpaired) electrons. The van der Waals surface area contributed by atoms with Gasteiger partial charge in [-0.1, -0.05) is 26.0 Å². The fourth-order valence-corrected chi connectivity index (χ4v) is 4.02. The number of methoxy groups -OCH3 is 1. The van der Waals surface area contributed by atoms with Crippen molar-refractivity contribution in [3.05, 3.63) is 36.2 Å². The predicted octanol–water partition coefficient (Wildman–Crippen LogP) is 1.80. The average molecular weight is 380 g/mol. The number of pyridine rings is 1. The van der Waals surface area contributed by atoms with Crippen molar-refractivity contribution in [2.24, 2.45) is 5.92 Å². The van der Waals surface area contributed by atoms with E-state index in [4.69, 9.17) is 0 Å². The molecular formula is C17H20N2O6S. The summed E-state index contributed by atoms with van der Waals surface area (Å²) in [5.41, 5.74) is -0.0148. The summed E-state index contributed by atoms with van der Waals surface area (Å²) in [6.45, 7) is 3.60. The molecule has 1 heterocycles. The molecular weight excluding hydrogens is 360 g/mol. The maximum absolute atomic E-state index is 12.8. The normalized spacial score (nSPS) is 12.9. The van der Waals surface area contributed by atoms with E-state index in [0.717, 1.165) is 0 Å². The number of ether oxygens (including phenoxy) is 1. The van der Waals surface area contributed by atoms with Crippen LogP contribution in [0.15, 0.2) is 35.4 Å². The molecule has 0 saturated carbocycles. The minimum absolute atomic E-state index is 0.0126. The van der Waals surface area contributed by atoms with Crippen LogP contribution in [0.1, 0.15) is 30.8 Å². The number of esters is 1. The third-order valence-electron chi connectivity index (χ3n) is 3.74. The largest absolute Gasteiger partial charge is 0.480 e. The van der Waals surface area contributed by atoms with Crippen LogP contribution in [0.5, 0.6) is 0 Å². The zero-order valence-electron chi connectivity index (χ0n) is 14.6. The van der Waals surface area contributed by atoms with Crippen molar-refractivity contribution in [3.8, 4) is 0 Å². The van der Waals surface area contributed by atoms with Gasteiger partial charge >= 0.3 is 11.9 Å². The van der Waals surface area contributed by atoms with E-state index in [1.165, 1.54) is 31.5 Å². The maximum Gasteiger partial charge on any atom is 0.357 e. The summed E-state index contributed by atoms with van der Waals surface area (Å²) in [5, 5.41) is 9.85. The number of hydrogen-bond acceptors (Lipinski definition) is 6. The Kier molecular flexibility index (Phi) is 5.94. The van der Waals surface area contributed by atoms with Gasteiger partial charge in [-0.05, 0) is 24.5 Å². The van der Waals surface area contributed by atoms with E-state index in [1.807, 2.05) is 0 Å². The van der Waals surface area contributed by atoms with Gasteiger partial charge in [-0.2, -0.15) is 4.72 Å². The molecule has 0 aliphatic rings. The van der Waals surface area contributed by atoms with Crippen molar-refractivity contribution in [3.63, 3.8) is 0 Å². The quantitative estimate of drug-likeness (QED) is 0.702. The molecule has 0 amide bonds. The molecule has 26 heavy (non-hydrogen) atoms. The van der Waals surface area contributed by atoms with Gasteiger partial charge < -0.3 is 9.84 Å². The van der Waals surface area contributed by atoms with Crippen LogP contribution in [-0.2, 0) is 19.6 Å². The van der Waals surface area contributed by atoms with Crippen LogP contribution in [0.3, 0.4) is 0 Å². The zero-order valence-corrected chi connectivity index (χ0v) is 15.4. The molecule has 0 fully saturated rings.